The van der Waals surface area contributed by atoms with Crippen LogP contribution < -0.4 is 9.47 Å². The lowest BCUT2D eigenvalue weighted by atomic mass is 9.92. The van der Waals surface area contributed by atoms with Gasteiger partial charge in [-0.1, -0.05) is 48.0 Å². The highest BCUT2D eigenvalue weighted by Gasteiger charge is 2.12. The second kappa shape index (κ2) is 10.8. The molecular weight excluding hydrogens is 399 g/mol. The maximum absolute atomic E-state index is 14.1. The van der Waals surface area contributed by atoms with E-state index in [1.165, 1.54) is 6.07 Å². The van der Waals surface area contributed by atoms with Crippen LogP contribution in [-0.2, 0) is 6.42 Å². The number of hydrogen-bond donors (Lipinski definition) is 0. The van der Waals surface area contributed by atoms with Gasteiger partial charge >= 0.3 is 0 Å². The van der Waals surface area contributed by atoms with Crippen LogP contribution in [0.4, 0.5) is 4.39 Å². The summed E-state index contributed by atoms with van der Waals surface area (Å²) in [4.78, 5) is 0. The predicted molar refractivity (Wildman–Crippen MR) is 121 cm³/mol. The minimum Gasteiger partial charge on any atom is -0.492 e. The average Bonchev–Trinajstić information content (AvgIpc) is 2.76. The molecule has 0 saturated carbocycles. The fourth-order valence-corrected chi connectivity index (χ4v) is 3.61. The van der Waals surface area contributed by atoms with Gasteiger partial charge in [-0.3, -0.25) is 0 Å². The zero-order valence-corrected chi connectivity index (χ0v) is 17.9. The molecule has 0 bridgehead atoms. The molecule has 0 radical (unpaired) electrons. The SMILES string of the molecule is C=CC(CCCc1ccc(F)c(Oc2ccccc2)c1)c1ccc(OCC)c(Cl)c1. The molecule has 0 N–H and O–H groups in total. The fraction of sp³-hybridized carbons (Fsp3) is 0.231. The first-order chi connectivity index (χ1) is 14.6. The minimum atomic E-state index is -0.365. The van der Waals surface area contributed by atoms with E-state index in [1.807, 2.05) is 67.6 Å². The summed E-state index contributed by atoms with van der Waals surface area (Å²) < 4.78 is 25.3. The van der Waals surface area contributed by atoms with E-state index in [0.29, 0.717) is 23.1 Å². The molecule has 0 aliphatic heterocycles. The molecule has 30 heavy (non-hydrogen) atoms. The number of aryl methyl sites for hydroxylation is 1. The summed E-state index contributed by atoms with van der Waals surface area (Å²) in [6.45, 7) is 6.49. The third-order valence-corrected chi connectivity index (χ3v) is 5.21. The summed E-state index contributed by atoms with van der Waals surface area (Å²) in [5.74, 6) is 1.39. The Morgan fingerprint density at radius 2 is 1.83 bits per heavy atom. The van der Waals surface area contributed by atoms with E-state index in [9.17, 15) is 4.39 Å². The van der Waals surface area contributed by atoms with Gasteiger partial charge in [0.25, 0.3) is 0 Å². The number of allylic oxidation sites excluding steroid dienone is 1. The molecule has 0 fully saturated rings. The van der Waals surface area contributed by atoms with Crippen LogP contribution >= 0.6 is 11.6 Å². The first kappa shape index (κ1) is 21.9. The monoisotopic (exact) mass is 424 g/mol. The van der Waals surface area contributed by atoms with Gasteiger partial charge in [-0.25, -0.2) is 4.39 Å². The van der Waals surface area contributed by atoms with Crippen LogP contribution in [0, 0.1) is 5.82 Å². The molecule has 2 nitrogen and oxygen atoms in total. The van der Waals surface area contributed by atoms with E-state index >= 15 is 0 Å². The third-order valence-electron chi connectivity index (χ3n) is 4.92. The minimum absolute atomic E-state index is 0.193. The van der Waals surface area contributed by atoms with Crippen LogP contribution in [0.15, 0.2) is 79.4 Å². The summed E-state index contributed by atoms with van der Waals surface area (Å²) in [6, 6.07) is 20.2. The lowest BCUT2D eigenvalue weighted by molar-refractivity contribution is 0.340. The molecule has 3 aromatic rings. The van der Waals surface area contributed by atoms with Crippen molar-refractivity contribution in [1.82, 2.24) is 0 Å². The molecule has 0 spiro atoms. The molecule has 3 rings (SSSR count). The van der Waals surface area contributed by atoms with Gasteiger partial charge in [-0.2, -0.15) is 0 Å². The van der Waals surface area contributed by atoms with Crippen molar-refractivity contribution in [1.29, 1.82) is 0 Å². The van der Waals surface area contributed by atoms with Crippen molar-refractivity contribution in [2.45, 2.75) is 32.1 Å². The average molecular weight is 425 g/mol. The third kappa shape index (κ3) is 5.87. The van der Waals surface area contributed by atoms with Crippen LogP contribution in [-0.4, -0.2) is 6.61 Å². The Morgan fingerprint density at radius 1 is 1.03 bits per heavy atom. The number of rotatable bonds is 10. The highest BCUT2D eigenvalue weighted by molar-refractivity contribution is 6.32. The maximum Gasteiger partial charge on any atom is 0.165 e. The highest BCUT2D eigenvalue weighted by atomic mass is 35.5. The molecule has 4 heteroatoms. The van der Waals surface area contributed by atoms with E-state index in [-0.39, 0.29) is 17.5 Å². The number of para-hydroxylation sites is 1. The van der Waals surface area contributed by atoms with Crippen LogP contribution in [0.25, 0.3) is 0 Å². The van der Waals surface area contributed by atoms with Gasteiger partial charge in [0.1, 0.15) is 11.5 Å². The normalized spacial score (nSPS) is 11.7. The molecule has 0 aliphatic carbocycles. The van der Waals surface area contributed by atoms with E-state index in [4.69, 9.17) is 21.1 Å². The molecule has 0 amide bonds. The van der Waals surface area contributed by atoms with Gasteiger partial charge in [-0.15, -0.1) is 6.58 Å². The van der Waals surface area contributed by atoms with Crippen molar-refractivity contribution >= 4 is 11.6 Å². The number of hydrogen-bond acceptors (Lipinski definition) is 2. The first-order valence-electron chi connectivity index (χ1n) is 10.2. The standard InChI is InChI=1S/C26H26ClFO2/c1-3-20(21-14-16-25(29-4-2)23(27)18-21)10-8-9-19-13-15-24(28)26(17-19)30-22-11-6-5-7-12-22/h3,5-7,11-18,20H,1,4,8-10H2,2H3. The Labute approximate surface area is 182 Å². The van der Waals surface area contributed by atoms with Crippen molar-refractivity contribution in [2.24, 2.45) is 0 Å². The molecule has 0 heterocycles. The zero-order chi connectivity index (χ0) is 21.3. The lowest BCUT2D eigenvalue weighted by Gasteiger charge is -2.15. The van der Waals surface area contributed by atoms with Gasteiger partial charge in [0.05, 0.1) is 11.6 Å². The Kier molecular flexibility index (Phi) is 7.92. The molecule has 156 valence electrons. The second-order valence-electron chi connectivity index (χ2n) is 7.04. The van der Waals surface area contributed by atoms with Crippen molar-refractivity contribution in [3.05, 3.63) is 101 Å². The maximum atomic E-state index is 14.1. The van der Waals surface area contributed by atoms with E-state index in [2.05, 4.69) is 6.58 Å². The Balaban J connectivity index is 1.61. The number of benzene rings is 3. The largest absolute Gasteiger partial charge is 0.492 e. The van der Waals surface area contributed by atoms with Crippen molar-refractivity contribution in [3.63, 3.8) is 0 Å². The molecule has 0 aliphatic rings. The molecule has 3 aromatic carbocycles. The molecule has 1 unspecified atom stereocenters. The van der Waals surface area contributed by atoms with Gasteiger partial charge in [0, 0.05) is 5.92 Å². The summed E-state index contributed by atoms with van der Waals surface area (Å²) in [5.41, 5.74) is 2.15. The van der Waals surface area contributed by atoms with Gasteiger partial charge < -0.3 is 9.47 Å². The summed E-state index contributed by atoms with van der Waals surface area (Å²) in [7, 11) is 0. The fourth-order valence-electron chi connectivity index (χ4n) is 3.36. The smallest absolute Gasteiger partial charge is 0.165 e. The van der Waals surface area contributed by atoms with Crippen molar-refractivity contribution in [2.75, 3.05) is 6.61 Å². The summed E-state index contributed by atoms with van der Waals surface area (Å²) in [5, 5.41) is 0.613. The van der Waals surface area contributed by atoms with Crippen molar-refractivity contribution < 1.29 is 13.9 Å². The molecule has 1 atom stereocenters. The van der Waals surface area contributed by atoms with E-state index in [1.54, 1.807) is 6.07 Å². The molecule has 0 aromatic heterocycles. The van der Waals surface area contributed by atoms with Crippen LogP contribution in [0.5, 0.6) is 17.2 Å². The zero-order valence-electron chi connectivity index (χ0n) is 17.1. The van der Waals surface area contributed by atoms with Crippen LogP contribution in [0.1, 0.15) is 36.8 Å². The number of halogens is 2. The summed E-state index contributed by atoms with van der Waals surface area (Å²) in [6.07, 6.45) is 4.61. The van der Waals surface area contributed by atoms with Gasteiger partial charge in [0.15, 0.2) is 11.6 Å². The second-order valence-corrected chi connectivity index (χ2v) is 7.44. The quantitative estimate of drug-likeness (QED) is 0.307. The predicted octanol–water partition coefficient (Wildman–Crippen LogP) is 7.96. The highest BCUT2D eigenvalue weighted by Crippen LogP contribution is 2.32. The van der Waals surface area contributed by atoms with Gasteiger partial charge in [-0.05, 0) is 73.7 Å². The van der Waals surface area contributed by atoms with E-state index in [0.717, 1.165) is 30.4 Å². The van der Waals surface area contributed by atoms with Crippen molar-refractivity contribution in [3.8, 4) is 17.2 Å². The Morgan fingerprint density at radius 3 is 2.53 bits per heavy atom. The number of ether oxygens (including phenoxy) is 2. The lowest BCUT2D eigenvalue weighted by Crippen LogP contribution is -1.99. The van der Waals surface area contributed by atoms with Gasteiger partial charge in [0.2, 0.25) is 0 Å². The van der Waals surface area contributed by atoms with Crippen LogP contribution in [0.2, 0.25) is 5.02 Å². The molecule has 0 saturated heterocycles. The van der Waals surface area contributed by atoms with E-state index < -0.39 is 0 Å². The van der Waals surface area contributed by atoms with Crippen LogP contribution in [0.3, 0.4) is 0 Å². The first-order valence-corrected chi connectivity index (χ1v) is 10.5. The Hall–Kier alpha value is -2.78. The summed E-state index contributed by atoms with van der Waals surface area (Å²) >= 11 is 6.33. The topological polar surface area (TPSA) is 18.5 Å². The molecular formula is C26H26ClFO2. The Bertz CT molecular complexity index is 972.